The molecule has 38 heavy (non-hydrogen) atoms. The van der Waals surface area contributed by atoms with E-state index in [0.717, 1.165) is 24.2 Å². The SMILES string of the molecule is CCOc1ccc(N2C(=O)C(=O)/C(=C(/O)c3ccc4c(c3)CCCO4)C2c2ccc(OC)c(OC)c2)cc1. The van der Waals surface area contributed by atoms with Gasteiger partial charge in [-0.3, -0.25) is 14.5 Å². The molecule has 2 aliphatic rings. The highest BCUT2D eigenvalue weighted by Gasteiger charge is 2.47. The maximum Gasteiger partial charge on any atom is 0.300 e. The molecule has 3 aromatic rings. The standard InChI is InChI=1S/C30H29NO7/c1-4-37-22-11-9-21(10-12-22)31-27(19-7-14-24(35-2)25(17-19)36-3)26(29(33)30(31)34)28(32)20-8-13-23-18(16-20)6-5-15-38-23/h7-14,16-17,27,32H,4-6,15H2,1-3H3/b28-26+. The number of ketones is 1. The van der Waals surface area contributed by atoms with Gasteiger partial charge >= 0.3 is 0 Å². The predicted molar refractivity (Wildman–Crippen MR) is 142 cm³/mol. The van der Waals surface area contributed by atoms with Gasteiger partial charge in [-0.05, 0) is 85.5 Å². The van der Waals surface area contributed by atoms with Crippen LogP contribution in [-0.2, 0) is 16.0 Å². The zero-order valence-corrected chi connectivity index (χ0v) is 21.5. The molecule has 1 unspecified atom stereocenters. The van der Waals surface area contributed by atoms with Crippen molar-refractivity contribution >= 4 is 23.1 Å². The number of methoxy groups -OCH3 is 2. The summed E-state index contributed by atoms with van der Waals surface area (Å²) in [4.78, 5) is 28.4. The molecule has 0 saturated carbocycles. The smallest absolute Gasteiger partial charge is 0.300 e. The number of aryl methyl sites for hydroxylation is 1. The van der Waals surface area contributed by atoms with Crippen LogP contribution < -0.4 is 23.8 Å². The number of aliphatic hydroxyl groups is 1. The summed E-state index contributed by atoms with van der Waals surface area (Å²) in [6.07, 6.45) is 1.67. The monoisotopic (exact) mass is 515 g/mol. The van der Waals surface area contributed by atoms with Crippen molar-refractivity contribution in [3.63, 3.8) is 0 Å². The van der Waals surface area contributed by atoms with Crippen molar-refractivity contribution in [1.82, 2.24) is 0 Å². The highest BCUT2D eigenvalue weighted by atomic mass is 16.5. The molecule has 1 atom stereocenters. The van der Waals surface area contributed by atoms with Crippen LogP contribution in [0.3, 0.4) is 0 Å². The largest absolute Gasteiger partial charge is 0.507 e. The molecule has 8 nitrogen and oxygen atoms in total. The number of amides is 1. The minimum absolute atomic E-state index is 0.00668. The van der Waals surface area contributed by atoms with E-state index in [1.165, 1.54) is 19.1 Å². The normalized spacial score (nSPS) is 18.1. The van der Waals surface area contributed by atoms with Crippen LogP contribution in [0.25, 0.3) is 5.76 Å². The van der Waals surface area contributed by atoms with E-state index < -0.39 is 17.7 Å². The van der Waals surface area contributed by atoms with Gasteiger partial charge < -0.3 is 24.1 Å². The fourth-order valence-corrected chi connectivity index (χ4v) is 4.97. The van der Waals surface area contributed by atoms with Crippen LogP contribution in [0.2, 0.25) is 0 Å². The van der Waals surface area contributed by atoms with Crippen LogP contribution >= 0.6 is 0 Å². The number of aliphatic hydroxyl groups excluding tert-OH is 1. The lowest BCUT2D eigenvalue weighted by atomic mass is 9.93. The van der Waals surface area contributed by atoms with E-state index in [1.54, 1.807) is 54.6 Å². The van der Waals surface area contributed by atoms with E-state index in [-0.39, 0.29) is 11.3 Å². The second kappa shape index (κ2) is 10.5. The Morgan fingerprint density at radius 3 is 2.47 bits per heavy atom. The number of carbonyl (C=O) groups excluding carboxylic acids is 2. The van der Waals surface area contributed by atoms with Crippen molar-refractivity contribution in [3.8, 4) is 23.0 Å². The molecule has 0 bridgehead atoms. The van der Waals surface area contributed by atoms with E-state index in [1.807, 2.05) is 13.0 Å². The van der Waals surface area contributed by atoms with Crippen LogP contribution in [0.15, 0.2) is 66.2 Å². The van der Waals surface area contributed by atoms with Crippen molar-refractivity contribution in [2.45, 2.75) is 25.8 Å². The van der Waals surface area contributed by atoms with Gasteiger partial charge in [0.2, 0.25) is 0 Å². The van der Waals surface area contributed by atoms with Crippen LogP contribution in [0, 0.1) is 0 Å². The Morgan fingerprint density at radius 1 is 1.00 bits per heavy atom. The van der Waals surface area contributed by atoms with Crippen molar-refractivity contribution in [2.75, 3.05) is 32.3 Å². The zero-order valence-electron chi connectivity index (χ0n) is 21.5. The Labute approximate surface area is 221 Å². The topological polar surface area (TPSA) is 94.5 Å². The first-order valence-corrected chi connectivity index (χ1v) is 12.5. The van der Waals surface area contributed by atoms with E-state index >= 15 is 0 Å². The Balaban J connectivity index is 1.68. The summed E-state index contributed by atoms with van der Waals surface area (Å²) in [6.45, 7) is 3.03. The molecule has 0 radical (unpaired) electrons. The average Bonchev–Trinajstić information content (AvgIpc) is 3.22. The molecule has 8 heteroatoms. The number of carbonyl (C=O) groups is 2. The van der Waals surface area contributed by atoms with Crippen LogP contribution in [0.5, 0.6) is 23.0 Å². The molecule has 0 aliphatic carbocycles. The third kappa shape index (κ3) is 4.42. The number of ether oxygens (including phenoxy) is 4. The van der Waals surface area contributed by atoms with Gasteiger partial charge in [0.15, 0.2) is 11.5 Å². The fourth-order valence-electron chi connectivity index (χ4n) is 4.97. The summed E-state index contributed by atoms with van der Waals surface area (Å²) in [6, 6.07) is 16.5. The van der Waals surface area contributed by atoms with E-state index in [4.69, 9.17) is 18.9 Å². The summed E-state index contributed by atoms with van der Waals surface area (Å²) < 4.78 is 22.1. The number of fused-ring (bicyclic) bond motifs is 1. The van der Waals surface area contributed by atoms with Gasteiger partial charge in [-0.15, -0.1) is 0 Å². The second-order valence-electron chi connectivity index (χ2n) is 8.98. The number of Topliss-reactive ketones (excluding diaryl/α,β-unsaturated/α-hetero) is 1. The highest BCUT2D eigenvalue weighted by Crippen LogP contribution is 2.44. The first kappa shape index (κ1) is 25.2. The fraction of sp³-hybridized carbons (Fsp3) is 0.267. The molecule has 2 aliphatic heterocycles. The second-order valence-corrected chi connectivity index (χ2v) is 8.98. The summed E-state index contributed by atoms with van der Waals surface area (Å²) in [7, 11) is 3.05. The minimum Gasteiger partial charge on any atom is -0.507 e. The van der Waals surface area contributed by atoms with Crippen molar-refractivity contribution in [1.29, 1.82) is 0 Å². The molecule has 3 aromatic carbocycles. The Morgan fingerprint density at radius 2 is 1.76 bits per heavy atom. The van der Waals surface area contributed by atoms with E-state index in [9.17, 15) is 14.7 Å². The molecule has 1 fully saturated rings. The van der Waals surface area contributed by atoms with Gasteiger partial charge in [-0.2, -0.15) is 0 Å². The van der Waals surface area contributed by atoms with Crippen LogP contribution in [0.4, 0.5) is 5.69 Å². The first-order chi connectivity index (χ1) is 18.5. The first-order valence-electron chi connectivity index (χ1n) is 12.5. The third-order valence-corrected chi connectivity index (χ3v) is 6.78. The zero-order chi connectivity index (χ0) is 26.8. The van der Waals surface area contributed by atoms with Gasteiger partial charge in [-0.25, -0.2) is 0 Å². The molecule has 1 saturated heterocycles. The Bertz CT molecular complexity index is 1410. The minimum atomic E-state index is -0.903. The number of benzene rings is 3. The average molecular weight is 516 g/mol. The number of anilines is 1. The molecule has 0 spiro atoms. The molecular formula is C30H29NO7. The summed E-state index contributed by atoms with van der Waals surface area (Å²) in [5, 5.41) is 11.5. The number of hydrogen-bond donors (Lipinski definition) is 1. The lowest BCUT2D eigenvalue weighted by Gasteiger charge is -2.26. The molecule has 2 heterocycles. The summed E-state index contributed by atoms with van der Waals surface area (Å²) >= 11 is 0. The summed E-state index contributed by atoms with van der Waals surface area (Å²) in [5.74, 6) is 0.593. The molecule has 5 rings (SSSR count). The number of hydrogen-bond acceptors (Lipinski definition) is 7. The Kier molecular flexibility index (Phi) is 6.96. The van der Waals surface area contributed by atoms with Crippen molar-refractivity contribution in [2.24, 2.45) is 0 Å². The maximum absolute atomic E-state index is 13.5. The van der Waals surface area contributed by atoms with Crippen LogP contribution in [-0.4, -0.2) is 44.2 Å². The van der Waals surface area contributed by atoms with Gasteiger partial charge in [0, 0.05) is 11.3 Å². The molecule has 1 amide bonds. The molecule has 1 N–H and O–H groups in total. The van der Waals surface area contributed by atoms with E-state index in [2.05, 4.69) is 0 Å². The highest BCUT2D eigenvalue weighted by molar-refractivity contribution is 6.51. The van der Waals surface area contributed by atoms with Crippen molar-refractivity contribution in [3.05, 3.63) is 82.9 Å². The van der Waals surface area contributed by atoms with Gasteiger partial charge in [0.25, 0.3) is 11.7 Å². The quantitative estimate of drug-likeness (QED) is 0.267. The molecule has 196 valence electrons. The molecule has 0 aromatic heterocycles. The van der Waals surface area contributed by atoms with Gasteiger partial charge in [0.1, 0.15) is 17.3 Å². The van der Waals surface area contributed by atoms with Crippen LogP contribution in [0.1, 0.15) is 36.1 Å². The summed E-state index contributed by atoms with van der Waals surface area (Å²) in [5.41, 5.74) is 2.47. The van der Waals surface area contributed by atoms with Crippen molar-refractivity contribution < 1.29 is 33.6 Å². The van der Waals surface area contributed by atoms with E-state index in [0.29, 0.717) is 47.3 Å². The Hall–Kier alpha value is -4.46. The maximum atomic E-state index is 13.5. The number of nitrogens with zero attached hydrogens (tertiary/aromatic N) is 1. The lowest BCUT2D eigenvalue weighted by molar-refractivity contribution is -0.132. The predicted octanol–water partition coefficient (Wildman–Crippen LogP) is 5.05. The number of rotatable bonds is 7. The lowest BCUT2D eigenvalue weighted by Crippen LogP contribution is -2.29. The third-order valence-electron chi connectivity index (χ3n) is 6.78. The van der Waals surface area contributed by atoms with Gasteiger partial charge in [0.05, 0.1) is 39.0 Å². The van der Waals surface area contributed by atoms with Gasteiger partial charge in [-0.1, -0.05) is 6.07 Å². The molecular weight excluding hydrogens is 486 g/mol.